The third kappa shape index (κ3) is 3.09. The van der Waals surface area contributed by atoms with Crippen LogP contribution in [0.2, 0.25) is 0 Å². The van der Waals surface area contributed by atoms with Crippen molar-refractivity contribution in [3.63, 3.8) is 0 Å². The molecule has 0 atom stereocenters. The van der Waals surface area contributed by atoms with E-state index in [1.807, 2.05) is 19.9 Å². The molecule has 0 N–H and O–H groups in total. The molecular formula is C15H20O2. The van der Waals surface area contributed by atoms with Crippen LogP contribution in [0, 0.1) is 0 Å². The number of benzene rings is 1. The fraction of sp³-hybridized carbons (Fsp3) is 0.533. The number of carbonyl (C=O) groups is 1. The third-order valence-corrected chi connectivity index (χ3v) is 3.14. The SMILES string of the molecule is CC(=O)CC(C)(C)Oc1ccc2c(c1)CCC2. The predicted molar refractivity (Wildman–Crippen MR) is 68.5 cm³/mol. The molecule has 2 heteroatoms. The number of rotatable bonds is 4. The van der Waals surface area contributed by atoms with E-state index >= 15 is 0 Å². The van der Waals surface area contributed by atoms with Gasteiger partial charge in [-0.3, -0.25) is 4.79 Å². The molecule has 0 aromatic heterocycles. The molecular weight excluding hydrogens is 212 g/mol. The lowest BCUT2D eigenvalue weighted by Gasteiger charge is -2.25. The molecule has 0 fully saturated rings. The average Bonchev–Trinajstić information content (AvgIpc) is 2.61. The highest BCUT2D eigenvalue weighted by atomic mass is 16.5. The standard InChI is InChI=1S/C15H20O2/c1-11(16)10-15(2,3)17-14-8-7-12-5-4-6-13(12)9-14/h7-9H,4-6,10H2,1-3H3. The highest BCUT2D eigenvalue weighted by Crippen LogP contribution is 2.28. The zero-order valence-corrected chi connectivity index (χ0v) is 10.9. The quantitative estimate of drug-likeness (QED) is 0.796. The molecule has 0 spiro atoms. The molecule has 0 saturated carbocycles. The molecule has 0 unspecified atom stereocenters. The first-order valence-electron chi connectivity index (χ1n) is 6.26. The maximum Gasteiger partial charge on any atom is 0.133 e. The first-order chi connectivity index (χ1) is 7.96. The van der Waals surface area contributed by atoms with Gasteiger partial charge in [0.25, 0.3) is 0 Å². The normalized spacial score (nSPS) is 14.5. The van der Waals surface area contributed by atoms with Crippen LogP contribution in [0.4, 0.5) is 0 Å². The summed E-state index contributed by atoms with van der Waals surface area (Å²) in [4.78, 5) is 11.2. The Hall–Kier alpha value is -1.31. The van der Waals surface area contributed by atoms with Crippen molar-refractivity contribution in [2.75, 3.05) is 0 Å². The molecule has 1 aromatic rings. The summed E-state index contributed by atoms with van der Waals surface area (Å²) in [6.45, 7) is 5.52. The van der Waals surface area contributed by atoms with Gasteiger partial charge < -0.3 is 4.74 Å². The van der Waals surface area contributed by atoms with Crippen molar-refractivity contribution >= 4 is 5.78 Å². The summed E-state index contributed by atoms with van der Waals surface area (Å²) in [5.74, 6) is 1.05. The maximum absolute atomic E-state index is 11.2. The van der Waals surface area contributed by atoms with Crippen LogP contribution in [-0.4, -0.2) is 11.4 Å². The van der Waals surface area contributed by atoms with Crippen molar-refractivity contribution in [3.8, 4) is 5.75 Å². The summed E-state index contributed by atoms with van der Waals surface area (Å²) in [6.07, 6.45) is 4.03. The van der Waals surface area contributed by atoms with Gasteiger partial charge in [0, 0.05) is 6.42 Å². The Labute approximate surface area is 103 Å². The van der Waals surface area contributed by atoms with E-state index in [2.05, 4.69) is 12.1 Å². The number of hydrogen-bond donors (Lipinski definition) is 0. The number of aryl methyl sites for hydroxylation is 2. The highest BCUT2D eigenvalue weighted by molar-refractivity contribution is 5.76. The van der Waals surface area contributed by atoms with E-state index in [4.69, 9.17) is 4.74 Å². The minimum absolute atomic E-state index is 0.163. The second-order valence-corrected chi connectivity index (χ2v) is 5.52. The molecule has 17 heavy (non-hydrogen) atoms. The minimum Gasteiger partial charge on any atom is -0.487 e. The summed E-state index contributed by atoms with van der Waals surface area (Å²) < 4.78 is 5.92. The van der Waals surface area contributed by atoms with Crippen LogP contribution in [0.15, 0.2) is 18.2 Å². The molecule has 0 aliphatic heterocycles. The van der Waals surface area contributed by atoms with Gasteiger partial charge in [-0.05, 0) is 63.3 Å². The van der Waals surface area contributed by atoms with Crippen molar-refractivity contribution in [2.45, 2.75) is 52.1 Å². The number of ketones is 1. The Morgan fingerprint density at radius 1 is 1.29 bits per heavy atom. The van der Waals surface area contributed by atoms with Crippen molar-refractivity contribution < 1.29 is 9.53 Å². The number of hydrogen-bond acceptors (Lipinski definition) is 2. The molecule has 1 aliphatic carbocycles. The maximum atomic E-state index is 11.2. The molecule has 0 heterocycles. The van der Waals surface area contributed by atoms with Gasteiger partial charge in [0.05, 0.1) is 0 Å². The Morgan fingerprint density at radius 3 is 2.71 bits per heavy atom. The van der Waals surface area contributed by atoms with E-state index < -0.39 is 5.60 Å². The first kappa shape index (κ1) is 12.2. The molecule has 2 rings (SSSR count). The minimum atomic E-state index is -0.418. The fourth-order valence-electron chi connectivity index (χ4n) is 2.57. The summed E-state index contributed by atoms with van der Waals surface area (Å²) in [6, 6.07) is 6.30. The van der Waals surface area contributed by atoms with Crippen LogP contribution in [-0.2, 0) is 17.6 Å². The molecule has 2 nitrogen and oxygen atoms in total. The first-order valence-corrected chi connectivity index (χ1v) is 6.26. The molecule has 1 aliphatic rings. The molecule has 0 saturated heterocycles. The number of carbonyl (C=O) groups excluding carboxylic acids is 1. The Bertz CT molecular complexity index is 433. The molecule has 0 amide bonds. The lowest BCUT2D eigenvalue weighted by molar-refractivity contribution is -0.120. The highest BCUT2D eigenvalue weighted by Gasteiger charge is 2.22. The summed E-state index contributed by atoms with van der Waals surface area (Å²) in [5.41, 5.74) is 2.43. The number of Topliss-reactive ketones (excluding diaryl/α,β-unsaturated/α-hetero) is 1. The van der Waals surface area contributed by atoms with Crippen molar-refractivity contribution in [2.24, 2.45) is 0 Å². The van der Waals surface area contributed by atoms with E-state index in [0.29, 0.717) is 6.42 Å². The Balaban J connectivity index is 2.11. The van der Waals surface area contributed by atoms with Crippen LogP contribution < -0.4 is 4.74 Å². The van der Waals surface area contributed by atoms with Gasteiger partial charge >= 0.3 is 0 Å². The van der Waals surface area contributed by atoms with Gasteiger partial charge in [-0.15, -0.1) is 0 Å². The van der Waals surface area contributed by atoms with Crippen LogP contribution >= 0.6 is 0 Å². The number of ether oxygens (including phenoxy) is 1. The average molecular weight is 232 g/mol. The zero-order chi connectivity index (χ0) is 12.5. The van der Waals surface area contributed by atoms with Crippen LogP contribution in [0.3, 0.4) is 0 Å². The van der Waals surface area contributed by atoms with E-state index in [1.165, 1.54) is 24.0 Å². The largest absolute Gasteiger partial charge is 0.487 e. The summed E-state index contributed by atoms with van der Waals surface area (Å²) in [5, 5.41) is 0. The van der Waals surface area contributed by atoms with Crippen molar-refractivity contribution in [3.05, 3.63) is 29.3 Å². The zero-order valence-electron chi connectivity index (χ0n) is 10.9. The lowest BCUT2D eigenvalue weighted by Crippen LogP contribution is -2.30. The third-order valence-electron chi connectivity index (χ3n) is 3.14. The van der Waals surface area contributed by atoms with Gasteiger partial charge in [-0.2, -0.15) is 0 Å². The van der Waals surface area contributed by atoms with Crippen molar-refractivity contribution in [1.29, 1.82) is 0 Å². The lowest BCUT2D eigenvalue weighted by atomic mass is 10.0. The van der Waals surface area contributed by atoms with Crippen LogP contribution in [0.25, 0.3) is 0 Å². The second-order valence-electron chi connectivity index (χ2n) is 5.52. The predicted octanol–water partition coefficient (Wildman–Crippen LogP) is 3.31. The van der Waals surface area contributed by atoms with Crippen molar-refractivity contribution in [1.82, 2.24) is 0 Å². The van der Waals surface area contributed by atoms with Gasteiger partial charge in [-0.25, -0.2) is 0 Å². The molecule has 0 radical (unpaired) electrons. The monoisotopic (exact) mass is 232 g/mol. The Morgan fingerprint density at radius 2 is 2.00 bits per heavy atom. The molecule has 92 valence electrons. The summed E-state index contributed by atoms with van der Waals surface area (Å²) in [7, 11) is 0. The van der Waals surface area contributed by atoms with E-state index in [1.54, 1.807) is 6.92 Å². The van der Waals surface area contributed by atoms with Crippen LogP contribution in [0.1, 0.15) is 44.7 Å². The fourth-order valence-corrected chi connectivity index (χ4v) is 2.57. The molecule has 0 bridgehead atoms. The smallest absolute Gasteiger partial charge is 0.133 e. The van der Waals surface area contributed by atoms with Gasteiger partial charge in [0.1, 0.15) is 17.1 Å². The van der Waals surface area contributed by atoms with Gasteiger partial charge in [0.2, 0.25) is 0 Å². The van der Waals surface area contributed by atoms with E-state index in [9.17, 15) is 4.79 Å². The molecule has 1 aromatic carbocycles. The van der Waals surface area contributed by atoms with Gasteiger partial charge in [-0.1, -0.05) is 6.07 Å². The number of fused-ring (bicyclic) bond motifs is 1. The van der Waals surface area contributed by atoms with Gasteiger partial charge in [0.15, 0.2) is 0 Å². The van der Waals surface area contributed by atoms with E-state index in [-0.39, 0.29) is 5.78 Å². The topological polar surface area (TPSA) is 26.3 Å². The van der Waals surface area contributed by atoms with Crippen LogP contribution in [0.5, 0.6) is 5.75 Å². The second kappa shape index (κ2) is 4.52. The van der Waals surface area contributed by atoms with E-state index in [0.717, 1.165) is 12.2 Å². The summed E-state index contributed by atoms with van der Waals surface area (Å²) >= 11 is 0. The Kier molecular flexibility index (Phi) is 3.23.